The number of esters is 1. The van der Waals surface area contributed by atoms with Crippen molar-refractivity contribution < 1.29 is 9.53 Å². The molecule has 0 saturated carbocycles. The number of carbonyl (C=O) groups excluding carboxylic acids is 1. The molecule has 4 heterocycles. The number of hydrogen-bond donors (Lipinski definition) is 0. The number of rotatable bonds is 2. The number of hydrogen-bond acceptors (Lipinski definition) is 4. The van der Waals surface area contributed by atoms with Crippen molar-refractivity contribution in [2.75, 3.05) is 7.05 Å². The van der Waals surface area contributed by atoms with Crippen LogP contribution < -0.4 is 0 Å². The Labute approximate surface area is 129 Å². The summed E-state index contributed by atoms with van der Waals surface area (Å²) in [6.07, 6.45) is 7.94. The van der Waals surface area contributed by atoms with Gasteiger partial charge in [-0.3, -0.25) is 0 Å². The molecule has 2 aliphatic heterocycles. The van der Waals surface area contributed by atoms with Crippen LogP contribution in [-0.2, 0) is 4.74 Å². The average molecular weight is 299 g/mol. The van der Waals surface area contributed by atoms with Gasteiger partial charge in [-0.15, -0.1) is 0 Å². The Balaban J connectivity index is 1.52. The van der Waals surface area contributed by atoms with Crippen LogP contribution in [0.15, 0.2) is 24.5 Å². The van der Waals surface area contributed by atoms with Gasteiger partial charge in [-0.25, -0.2) is 9.31 Å². The molecule has 2 aromatic heterocycles. The molecule has 0 spiro atoms. The van der Waals surface area contributed by atoms with Crippen LogP contribution in [0.4, 0.5) is 0 Å². The van der Waals surface area contributed by atoms with Crippen LogP contribution in [0, 0.1) is 6.92 Å². The zero-order chi connectivity index (χ0) is 15.3. The molecule has 0 radical (unpaired) electrons. The van der Waals surface area contributed by atoms with Gasteiger partial charge in [-0.1, -0.05) is 6.07 Å². The SMILES string of the molecule is Cc1ccc2c(C(=O)OC3C[C@H]4CC[C@@H](C3)N4C)cnn2c1. The lowest BCUT2D eigenvalue weighted by Crippen LogP contribution is -2.43. The third-order valence-corrected chi connectivity index (χ3v) is 5.21. The summed E-state index contributed by atoms with van der Waals surface area (Å²) in [5, 5.41) is 4.26. The largest absolute Gasteiger partial charge is 0.459 e. The second-order valence-electron chi connectivity index (χ2n) is 6.64. The molecule has 0 aliphatic carbocycles. The maximum Gasteiger partial charge on any atom is 0.342 e. The molecule has 3 atom stereocenters. The Hall–Kier alpha value is -1.88. The summed E-state index contributed by atoms with van der Waals surface area (Å²) in [6, 6.07) is 5.06. The van der Waals surface area contributed by atoms with E-state index in [0.717, 1.165) is 23.9 Å². The van der Waals surface area contributed by atoms with Crippen molar-refractivity contribution in [3.8, 4) is 0 Å². The minimum atomic E-state index is -0.243. The first-order chi connectivity index (χ1) is 10.6. The van der Waals surface area contributed by atoms with Crippen molar-refractivity contribution in [2.24, 2.45) is 0 Å². The van der Waals surface area contributed by atoms with E-state index in [1.54, 1.807) is 10.7 Å². The molecule has 5 nitrogen and oxygen atoms in total. The number of aryl methyl sites for hydroxylation is 1. The molecule has 116 valence electrons. The monoisotopic (exact) mass is 299 g/mol. The molecule has 0 amide bonds. The van der Waals surface area contributed by atoms with Crippen molar-refractivity contribution in [3.63, 3.8) is 0 Å². The highest BCUT2D eigenvalue weighted by atomic mass is 16.5. The van der Waals surface area contributed by atoms with Gasteiger partial charge < -0.3 is 9.64 Å². The van der Waals surface area contributed by atoms with Crippen molar-refractivity contribution in [2.45, 2.75) is 50.8 Å². The Morgan fingerprint density at radius 2 is 2.00 bits per heavy atom. The van der Waals surface area contributed by atoms with Crippen LogP contribution in [-0.4, -0.2) is 45.7 Å². The number of nitrogens with zero attached hydrogens (tertiary/aromatic N) is 3. The van der Waals surface area contributed by atoms with Crippen molar-refractivity contribution in [1.82, 2.24) is 14.5 Å². The van der Waals surface area contributed by atoms with E-state index >= 15 is 0 Å². The summed E-state index contributed by atoms with van der Waals surface area (Å²) in [5.41, 5.74) is 2.49. The number of ether oxygens (including phenoxy) is 1. The minimum Gasteiger partial charge on any atom is -0.459 e. The molecular weight excluding hydrogens is 278 g/mol. The zero-order valence-corrected chi connectivity index (χ0v) is 13.0. The zero-order valence-electron chi connectivity index (χ0n) is 13.0. The Kier molecular flexibility index (Phi) is 3.18. The number of pyridine rings is 1. The van der Waals surface area contributed by atoms with Gasteiger partial charge in [0.25, 0.3) is 0 Å². The summed E-state index contributed by atoms with van der Waals surface area (Å²) in [5.74, 6) is -0.243. The first kappa shape index (κ1) is 13.8. The first-order valence-corrected chi connectivity index (χ1v) is 7.99. The van der Waals surface area contributed by atoms with E-state index in [1.165, 1.54) is 12.8 Å². The fourth-order valence-electron chi connectivity index (χ4n) is 3.92. The molecule has 0 N–H and O–H groups in total. The molecule has 2 saturated heterocycles. The van der Waals surface area contributed by atoms with E-state index < -0.39 is 0 Å². The van der Waals surface area contributed by atoms with E-state index in [0.29, 0.717) is 17.6 Å². The smallest absolute Gasteiger partial charge is 0.342 e. The van der Waals surface area contributed by atoms with Gasteiger partial charge in [0.2, 0.25) is 0 Å². The van der Waals surface area contributed by atoms with Crippen LogP contribution in [0.25, 0.3) is 5.52 Å². The van der Waals surface area contributed by atoms with E-state index in [9.17, 15) is 4.79 Å². The molecule has 1 unspecified atom stereocenters. The van der Waals surface area contributed by atoms with E-state index in [4.69, 9.17) is 4.74 Å². The lowest BCUT2D eigenvalue weighted by Gasteiger charge is -2.35. The maximum absolute atomic E-state index is 12.5. The van der Waals surface area contributed by atoms with Crippen LogP contribution in [0.1, 0.15) is 41.6 Å². The highest BCUT2D eigenvalue weighted by molar-refractivity contribution is 5.96. The third kappa shape index (κ3) is 2.20. The first-order valence-electron chi connectivity index (χ1n) is 7.99. The lowest BCUT2D eigenvalue weighted by molar-refractivity contribution is -0.000267. The minimum absolute atomic E-state index is 0.0431. The number of aromatic nitrogens is 2. The van der Waals surface area contributed by atoms with Gasteiger partial charge in [0.15, 0.2) is 0 Å². The van der Waals surface area contributed by atoms with Crippen LogP contribution >= 0.6 is 0 Å². The highest BCUT2D eigenvalue weighted by Crippen LogP contribution is 2.35. The topological polar surface area (TPSA) is 46.8 Å². The third-order valence-electron chi connectivity index (χ3n) is 5.21. The second kappa shape index (κ2) is 5.09. The number of fused-ring (bicyclic) bond motifs is 3. The molecule has 4 rings (SSSR count). The Bertz CT molecular complexity index is 710. The summed E-state index contributed by atoms with van der Waals surface area (Å²) in [4.78, 5) is 14.9. The number of piperidine rings is 1. The summed E-state index contributed by atoms with van der Waals surface area (Å²) in [6.45, 7) is 2.01. The normalized spacial score (nSPS) is 28.2. The molecule has 2 aromatic rings. The molecule has 22 heavy (non-hydrogen) atoms. The predicted octanol–water partition coefficient (Wildman–Crippen LogP) is 2.42. The van der Waals surface area contributed by atoms with Gasteiger partial charge in [0.1, 0.15) is 11.7 Å². The van der Waals surface area contributed by atoms with Gasteiger partial charge >= 0.3 is 5.97 Å². The maximum atomic E-state index is 12.5. The quantitative estimate of drug-likeness (QED) is 0.799. The summed E-state index contributed by atoms with van der Waals surface area (Å²) >= 11 is 0. The molecule has 2 aliphatic rings. The molecule has 2 fully saturated rings. The van der Waals surface area contributed by atoms with Gasteiger partial charge in [0.05, 0.1) is 11.7 Å². The predicted molar refractivity (Wildman–Crippen MR) is 82.9 cm³/mol. The highest BCUT2D eigenvalue weighted by Gasteiger charge is 2.40. The van der Waals surface area contributed by atoms with Gasteiger partial charge in [-0.2, -0.15) is 5.10 Å². The standard InChI is InChI=1S/C17H21N3O2/c1-11-3-6-16-15(9-18-20(16)10-11)17(21)22-14-7-12-4-5-13(8-14)19(12)2/h3,6,9-10,12-14H,4-5,7-8H2,1-2H3/t12-,13+,14?. The second-order valence-corrected chi connectivity index (χ2v) is 6.64. The average Bonchev–Trinajstić information content (AvgIpc) is 2.97. The van der Waals surface area contributed by atoms with Crippen molar-refractivity contribution in [1.29, 1.82) is 0 Å². The van der Waals surface area contributed by atoms with Crippen molar-refractivity contribution in [3.05, 3.63) is 35.7 Å². The fourth-order valence-corrected chi connectivity index (χ4v) is 3.92. The molecule has 0 aromatic carbocycles. The Morgan fingerprint density at radius 1 is 1.27 bits per heavy atom. The van der Waals surface area contributed by atoms with Gasteiger partial charge in [0, 0.05) is 31.1 Å². The molecule has 2 bridgehead atoms. The van der Waals surface area contributed by atoms with E-state index in [1.807, 2.05) is 25.3 Å². The van der Waals surface area contributed by atoms with Crippen LogP contribution in [0.5, 0.6) is 0 Å². The molecular formula is C17H21N3O2. The lowest BCUT2D eigenvalue weighted by atomic mass is 10.0. The van der Waals surface area contributed by atoms with E-state index in [2.05, 4.69) is 17.0 Å². The van der Waals surface area contributed by atoms with Crippen LogP contribution in [0.2, 0.25) is 0 Å². The molecule has 5 heteroatoms. The van der Waals surface area contributed by atoms with Crippen LogP contribution in [0.3, 0.4) is 0 Å². The fraction of sp³-hybridized carbons (Fsp3) is 0.529. The summed E-state index contributed by atoms with van der Waals surface area (Å²) < 4.78 is 7.52. The Morgan fingerprint density at radius 3 is 2.73 bits per heavy atom. The number of carbonyl (C=O) groups is 1. The van der Waals surface area contributed by atoms with Crippen molar-refractivity contribution >= 4 is 11.5 Å². The van der Waals surface area contributed by atoms with E-state index in [-0.39, 0.29) is 12.1 Å². The summed E-state index contributed by atoms with van der Waals surface area (Å²) in [7, 11) is 2.19. The van der Waals surface area contributed by atoms with Gasteiger partial charge in [-0.05, 0) is 38.4 Å².